The number of unbranched alkanes of at least 4 members (excludes halogenated alkanes) is 2. The van der Waals surface area contributed by atoms with Crippen molar-refractivity contribution in [1.29, 1.82) is 0 Å². The van der Waals surface area contributed by atoms with E-state index in [0.717, 1.165) is 44.5 Å². The van der Waals surface area contributed by atoms with Crippen molar-refractivity contribution in [3.8, 4) is 11.1 Å². The molecule has 4 heteroatoms. The van der Waals surface area contributed by atoms with Gasteiger partial charge in [-0.15, -0.1) is 0 Å². The van der Waals surface area contributed by atoms with E-state index in [1.807, 2.05) is 0 Å². The Morgan fingerprint density at radius 1 is 0.435 bits per heavy atom. The number of aryl methyl sites for hydroxylation is 8. The highest BCUT2D eigenvalue weighted by Gasteiger charge is 2.42. The minimum atomic E-state index is -0.438. The zero-order valence-electron chi connectivity index (χ0n) is 38.0. The molecule has 0 saturated carbocycles. The second-order valence-corrected chi connectivity index (χ2v) is 19.8. The lowest BCUT2D eigenvalue weighted by molar-refractivity contribution is 0.712. The van der Waals surface area contributed by atoms with Crippen LogP contribution in [-0.2, 0) is 18.3 Å². The molecule has 0 N–H and O–H groups in total. The molecule has 0 radical (unpaired) electrons. The Kier molecular flexibility index (Phi) is 12.7. The zero-order valence-corrected chi connectivity index (χ0v) is 41.2. The lowest BCUT2D eigenvalue weighted by Crippen LogP contribution is -2.24. The van der Waals surface area contributed by atoms with E-state index in [2.05, 4.69) is 231 Å². The third-order valence-corrected chi connectivity index (χ3v) is 14.1. The minimum absolute atomic E-state index is 0.438. The van der Waals surface area contributed by atoms with Crippen LogP contribution in [0.4, 0.5) is 34.1 Å². The second kappa shape index (κ2) is 18.1. The van der Waals surface area contributed by atoms with Crippen LogP contribution in [0.15, 0.2) is 136 Å². The summed E-state index contributed by atoms with van der Waals surface area (Å²) in [5.74, 6) is 0. The molecule has 62 heavy (non-hydrogen) atoms. The first-order valence-corrected chi connectivity index (χ1v) is 24.1. The summed E-state index contributed by atoms with van der Waals surface area (Å²) >= 11 is 7.45. The number of fused-ring (bicyclic) bond motifs is 3. The predicted octanol–water partition coefficient (Wildman–Crippen LogP) is 18.0. The molecule has 0 aromatic heterocycles. The van der Waals surface area contributed by atoms with Crippen LogP contribution in [0.2, 0.25) is 0 Å². The molecule has 7 aromatic carbocycles. The molecule has 0 saturated heterocycles. The molecule has 8 rings (SSSR count). The van der Waals surface area contributed by atoms with Crippen LogP contribution in [0.25, 0.3) is 11.1 Å². The van der Waals surface area contributed by atoms with E-state index < -0.39 is 5.41 Å². The predicted molar refractivity (Wildman–Crippen MR) is 274 cm³/mol. The van der Waals surface area contributed by atoms with Crippen molar-refractivity contribution in [2.75, 3.05) is 9.80 Å². The largest absolute Gasteiger partial charge is 0.310 e. The second-order valence-electron chi connectivity index (χ2n) is 17.9. The first-order valence-electron chi connectivity index (χ1n) is 22.5. The molecule has 0 fully saturated rings. The third kappa shape index (κ3) is 8.33. The number of nitrogens with zero attached hydrogens (tertiary/aromatic N) is 2. The van der Waals surface area contributed by atoms with Gasteiger partial charge < -0.3 is 9.80 Å². The summed E-state index contributed by atoms with van der Waals surface area (Å²) in [7, 11) is 0. The van der Waals surface area contributed by atoms with Crippen LogP contribution >= 0.6 is 31.9 Å². The van der Waals surface area contributed by atoms with Gasteiger partial charge in [0.05, 0.1) is 11.4 Å². The van der Waals surface area contributed by atoms with E-state index in [1.54, 1.807) is 0 Å². The molecular formula is C58H60Br2N2. The molecule has 1 aliphatic rings. The van der Waals surface area contributed by atoms with Gasteiger partial charge in [0.25, 0.3) is 0 Å². The summed E-state index contributed by atoms with van der Waals surface area (Å²) in [4.78, 5) is 4.98. The van der Waals surface area contributed by atoms with E-state index >= 15 is 0 Å². The standard InChI is InChI=1S/C58H60Br2N2/c1-10-12-14-43-31-39(5)56(40(6)32-43)61(48-20-16-46(59)17-21-48)50-24-26-52-53-27-25-51(36-55(53)58(9,54(52)35-50)45-29-37(3)28-38(4)30-45)62(49-22-18-47(60)19-23-49)57-41(7)33-44(15-13-11-2)34-42(57)8/h16-36H,10-15H2,1-9H3. The van der Waals surface area contributed by atoms with Crippen molar-refractivity contribution in [2.24, 2.45) is 0 Å². The Bertz CT molecular complexity index is 2530. The summed E-state index contributed by atoms with van der Waals surface area (Å²) in [6.07, 6.45) is 6.99. The fourth-order valence-electron chi connectivity index (χ4n) is 10.2. The monoisotopic (exact) mass is 942 g/mol. The van der Waals surface area contributed by atoms with Gasteiger partial charge in [-0.05, 0) is 208 Å². The summed E-state index contributed by atoms with van der Waals surface area (Å²) < 4.78 is 2.14. The molecule has 316 valence electrons. The molecule has 0 aliphatic heterocycles. The average molecular weight is 945 g/mol. The molecule has 1 aliphatic carbocycles. The van der Waals surface area contributed by atoms with Crippen molar-refractivity contribution < 1.29 is 0 Å². The van der Waals surface area contributed by atoms with Crippen LogP contribution in [0.5, 0.6) is 0 Å². The third-order valence-electron chi connectivity index (χ3n) is 13.0. The van der Waals surface area contributed by atoms with Crippen LogP contribution in [0.1, 0.15) is 108 Å². The van der Waals surface area contributed by atoms with Crippen LogP contribution in [0.3, 0.4) is 0 Å². The zero-order chi connectivity index (χ0) is 43.9. The number of anilines is 6. The van der Waals surface area contributed by atoms with Gasteiger partial charge in [0, 0.05) is 37.1 Å². The number of rotatable bonds is 13. The molecule has 0 atom stereocenters. The molecule has 0 amide bonds. The fourth-order valence-corrected chi connectivity index (χ4v) is 10.7. The van der Waals surface area contributed by atoms with Gasteiger partial charge in [-0.2, -0.15) is 0 Å². The van der Waals surface area contributed by atoms with Gasteiger partial charge in [0.2, 0.25) is 0 Å². The minimum Gasteiger partial charge on any atom is -0.310 e. The fraction of sp³-hybridized carbons (Fsp3) is 0.276. The van der Waals surface area contributed by atoms with Gasteiger partial charge in [-0.25, -0.2) is 0 Å². The normalized spacial score (nSPS) is 12.6. The number of hydrogen-bond donors (Lipinski definition) is 0. The van der Waals surface area contributed by atoms with Crippen LogP contribution in [-0.4, -0.2) is 0 Å². The van der Waals surface area contributed by atoms with Crippen molar-refractivity contribution in [1.82, 2.24) is 0 Å². The molecule has 2 nitrogen and oxygen atoms in total. The molecule has 0 heterocycles. The average Bonchev–Trinajstić information content (AvgIpc) is 3.49. The summed E-state index contributed by atoms with van der Waals surface area (Å²) in [6.45, 7) is 20.6. The summed E-state index contributed by atoms with van der Waals surface area (Å²) in [5.41, 5.74) is 23.8. The maximum Gasteiger partial charge on any atom is 0.0520 e. The molecule has 7 aromatic rings. The van der Waals surface area contributed by atoms with Crippen molar-refractivity contribution in [2.45, 2.75) is 106 Å². The van der Waals surface area contributed by atoms with Crippen LogP contribution in [0, 0.1) is 41.5 Å². The van der Waals surface area contributed by atoms with Gasteiger partial charge in [-0.1, -0.05) is 124 Å². The Morgan fingerprint density at radius 2 is 0.790 bits per heavy atom. The SMILES string of the molecule is CCCCc1cc(C)c(N(c2ccc(Br)cc2)c2ccc3c(c2)C(C)(c2cc(C)cc(C)c2)c2cc(N(c4ccc(Br)cc4)c4c(C)cc(CCCC)cc4C)ccc2-3)c(C)c1. The maximum absolute atomic E-state index is 3.72. The van der Waals surface area contributed by atoms with Crippen molar-refractivity contribution >= 4 is 66.0 Å². The topological polar surface area (TPSA) is 6.48 Å². The Morgan fingerprint density at radius 3 is 1.15 bits per heavy atom. The van der Waals surface area contributed by atoms with Crippen molar-refractivity contribution in [3.63, 3.8) is 0 Å². The quantitative estimate of drug-likeness (QED) is 0.114. The number of hydrogen-bond acceptors (Lipinski definition) is 2. The smallest absolute Gasteiger partial charge is 0.0520 e. The Hall–Kier alpha value is -4.90. The van der Waals surface area contributed by atoms with E-state index in [-0.39, 0.29) is 0 Å². The maximum atomic E-state index is 3.72. The first kappa shape index (κ1) is 43.7. The molecule has 0 unspecified atom stereocenters. The summed E-state index contributed by atoms with van der Waals surface area (Å²) in [6, 6.07) is 48.8. The highest BCUT2D eigenvalue weighted by Crippen LogP contribution is 2.56. The molecule has 0 spiro atoms. The molecular weight excluding hydrogens is 884 g/mol. The molecule has 0 bridgehead atoms. The van der Waals surface area contributed by atoms with Gasteiger partial charge in [0.1, 0.15) is 0 Å². The van der Waals surface area contributed by atoms with E-state index in [9.17, 15) is 0 Å². The van der Waals surface area contributed by atoms with E-state index in [4.69, 9.17) is 0 Å². The number of halogens is 2. The van der Waals surface area contributed by atoms with Crippen molar-refractivity contribution in [3.05, 3.63) is 198 Å². The Labute approximate surface area is 388 Å². The van der Waals surface area contributed by atoms with Crippen LogP contribution < -0.4 is 9.80 Å². The van der Waals surface area contributed by atoms with Gasteiger partial charge >= 0.3 is 0 Å². The van der Waals surface area contributed by atoms with Gasteiger partial charge in [0.15, 0.2) is 0 Å². The highest BCUT2D eigenvalue weighted by molar-refractivity contribution is 9.10. The first-order chi connectivity index (χ1) is 29.8. The lowest BCUT2D eigenvalue weighted by Gasteiger charge is -2.33. The van der Waals surface area contributed by atoms with E-state index in [0.29, 0.717) is 0 Å². The summed E-state index contributed by atoms with van der Waals surface area (Å²) in [5, 5.41) is 0. The highest BCUT2D eigenvalue weighted by atomic mass is 79.9. The van der Waals surface area contributed by atoms with E-state index in [1.165, 1.54) is 109 Å². The lowest BCUT2D eigenvalue weighted by atomic mass is 9.73. The Balaban J connectivity index is 1.35. The number of benzene rings is 7. The van der Waals surface area contributed by atoms with Gasteiger partial charge in [-0.3, -0.25) is 0 Å².